The highest BCUT2D eigenvalue weighted by Gasteiger charge is 2.43. The molecular formula is C23H22Cl2N4O2. The van der Waals surface area contributed by atoms with Gasteiger partial charge in [0.05, 0.1) is 36.3 Å². The molecular weight excluding hydrogens is 435 g/mol. The van der Waals surface area contributed by atoms with E-state index in [4.69, 9.17) is 33.0 Å². The molecule has 2 aliphatic heterocycles. The van der Waals surface area contributed by atoms with Crippen molar-refractivity contribution in [3.63, 3.8) is 0 Å². The third kappa shape index (κ3) is 3.48. The molecule has 0 aliphatic carbocycles. The Hall–Kier alpha value is -2.57. The number of pyridine rings is 1. The van der Waals surface area contributed by atoms with Crippen LogP contribution in [0.4, 0.5) is 0 Å². The summed E-state index contributed by atoms with van der Waals surface area (Å²) in [6.07, 6.45) is 6.89. The predicted molar refractivity (Wildman–Crippen MR) is 120 cm³/mol. The summed E-state index contributed by atoms with van der Waals surface area (Å²) in [5.74, 6) is 0.552. The molecule has 1 amide bonds. The number of halogens is 2. The van der Waals surface area contributed by atoms with E-state index in [0.29, 0.717) is 21.4 Å². The average Bonchev–Trinajstić information content (AvgIpc) is 3.07. The molecule has 6 nitrogen and oxygen atoms in total. The van der Waals surface area contributed by atoms with Gasteiger partial charge in [-0.15, -0.1) is 0 Å². The number of carbonyl (C=O) groups excluding carboxylic acids is 1. The van der Waals surface area contributed by atoms with Crippen molar-refractivity contribution < 1.29 is 9.53 Å². The second-order valence-corrected chi connectivity index (χ2v) is 9.00. The maximum atomic E-state index is 13.5. The fraction of sp³-hybridized carbons (Fsp3) is 0.348. The molecule has 0 radical (unpaired) electrons. The Kier molecular flexibility index (Phi) is 5.15. The van der Waals surface area contributed by atoms with E-state index in [9.17, 15) is 4.79 Å². The highest BCUT2D eigenvalue weighted by molar-refractivity contribution is 6.35. The van der Waals surface area contributed by atoms with E-state index >= 15 is 0 Å². The Bertz CT molecular complexity index is 1160. The molecule has 5 rings (SSSR count). The number of methoxy groups -OCH3 is 1. The zero-order valence-electron chi connectivity index (χ0n) is 17.3. The zero-order chi connectivity index (χ0) is 21.7. The standard InChI is InChI=1S/C23H22Cl2N4O2/c1-28-22(13-6-15(24)9-16(25)7-13)19-10-17-4-3-5-20(21(19)27-28)29(17)23(30)14-8-18(31-2)12-26-11-14/h6-9,11-12,17,20H,3-5,10H2,1-2H3. The van der Waals surface area contributed by atoms with Gasteiger partial charge in [-0.25, -0.2) is 0 Å². The fourth-order valence-corrected chi connectivity index (χ4v) is 5.52. The van der Waals surface area contributed by atoms with Crippen LogP contribution in [-0.2, 0) is 13.5 Å². The van der Waals surface area contributed by atoms with E-state index in [1.807, 2.05) is 28.8 Å². The van der Waals surface area contributed by atoms with Crippen molar-refractivity contribution in [1.82, 2.24) is 19.7 Å². The van der Waals surface area contributed by atoms with Crippen LogP contribution in [0.25, 0.3) is 11.3 Å². The minimum Gasteiger partial charge on any atom is -0.495 e. The van der Waals surface area contributed by atoms with Crippen molar-refractivity contribution in [2.45, 2.75) is 37.8 Å². The zero-order valence-corrected chi connectivity index (χ0v) is 18.8. The normalized spacial score (nSPS) is 19.8. The molecule has 2 atom stereocenters. The lowest BCUT2D eigenvalue weighted by Gasteiger charge is -2.45. The predicted octanol–water partition coefficient (Wildman–Crippen LogP) is 5.09. The van der Waals surface area contributed by atoms with Gasteiger partial charge in [-0.3, -0.25) is 14.5 Å². The molecule has 0 spiro atoms. The number of fused-ring (bicyclic) bond motifs is 4. The van der Waals surface area contributed by atoms with Crippen molar-refractivity contribution in [2.24, 2.45) is 7.05 Å². The Morgan fingerprint density at radius 3 is 2.65 bits per heavy atom. The first-order valence-electron chi connectivity index (χ1n) is 10.3. The number of hydrogen-bond acceptors (Lipinski definition) is 4. The van der Waals surface area contributed by atoms with E-state index in [-0.39, 0.29) is 18.0 Å². The third-order valence-electron chi connectivity index (χ3n) is 6.24. The number of ether oxygens (including phenoxy) is 1. The molecule has 2 bridgehead atoms. The second-order valence-electron chi connectivity index (χ2n) is 8.12. The van der Waals surface area contributed by atoms with Gasteiger partial charge in [0.2, 0.25) is 0 Å². The molecule has 2 unspecified atom stereocenters. The van der Waals surface area contributed by atoms with Gasteiger partial charge in [0.1, 0.15) is 5.75 Å². The Balaban J connectivity index is 1.58. The average molecular weight is 457 g/mol. The number of amides is 1. The fourth-order valence-electron chi connectivity index (χ4n) is 5.00. The number of aromatic nitrogens is 3. The molecule has 1 fully saturated rings. The molecule has 0 N–H and O–H groups in total. The van der Waals surface area contributed by atoms with E-state index in [2.05, 4.69) is 4.98 Å². The maximum Gasteiger partial charge on any atom is 0.256 e. The van der Waals surface area contributed by atoms with Crippen molar-refractivity contribution in [2.75, 3.05) is 7.11 Å². The molecule has 1 saturated heterocycles. The van der Waals surface area contributed by atoms with Crippen LogP contribution in [0.5, 0.6) is 5.75 Å². The minimum atomic E-state index is -0.0594. The lowest BCUT2D eigenvalue weighted by molar-refractivity contribution is 0.0391. The summed E-state index contributed by atoms with van der Waals surface area (Å²) in [6, 6.07) is 7.36. The van der Waals surface area contributed by atoms with Gasteiger partial charge in [-0.2, -0.15) is 5.10 Å². The van der Waals surface area contributed by atoms with Crippen LogP contribution >= 0.6 is 23.2 Å². The SMILES string of the molecule is COc1cncc(C(=O)N2C3CCCC2c2nn(C)c(-c4cc(Cl)cc(Cl)c4)c2C3)c1. The lowest BCUT2D eigenvalue weighted by atomic mass is 9.81. The van der Waals surface area contributed by atoms with Crippen molar-refractivity contribution in [1.29, 1.82) is 0 Å². The van der Waals surface area contributed by atoms with E-state index in [1.54, 1.807) is 31.6 Å². The summed E-state index contributed by atoms with van der Waals surface area (Å²) in [5, 5.41) is 6.05. The number of aryl methyl sites for hydroxylation is 1. The molecule has 2 aliphatic rings. The molecule has 1 aromatic carbocycles. The quantitative estimate of drug-likeness (QED) is 0.550. The summed E-state index contributed by atoms with van der Waals surface area (Å²) in [7, 11) is 3.51. The molecule has 8 heteroatoms. The number of hydrogen-bond donors (Lipinski definition) is 0. The van der Waals surface area contributed by atoms with Crippen LogP contribution in [0, 0.1) is 0 Å². The first-order valence-corrected chi connectivity index (χ1v) is 11.1. The smallest absolute Gasteiger partial charge is 0.256 e. The maximum absolute atomic E-state index is 13.5. The Morgan fingerprint density at radius 1 is 1.13 bits per heavy atom. The topological polar surface area (TPSA) is 60.2 Å². The number of benzene rings is 1. The summed E-state index contributed by atoms with van der Waals surface area (Å²) >= 11 is 12.5. The van der Waals surface area contributed by atoms with Crippen molar-refractivity contribution in [3.8, 4) is 17.0 Å². The molecule has 160 valence electrons. The summed E-state index contributed by atoms with van der Waals surface area (Å²) in [5.41, 5.74) is 4.66. The van der Waals surface area contributed by atoms with E-state index < -0.39 is 0 Å². The van der Waals surface area contributed by atoms with Crippen LogP contribution in [-0.4, -0.2) is 38.7 Å². The Morgan fingerprint density at radius 2 is 1.90 bits per heavy atom. The summed E-state index contributed by atoms with van der Waals surface area (Å²) in [6.45, 7) is 0. The van der Waals surface area contributed by atoms with Crippen LogP contribution in [0.1, 0.15) is 46.9 Å². The molecule has 0 saturated carbocycles. The highest BCUT2D eigenvalue weighted by Crippen LogP contribution is 2.45. The van der Waals surface area contributed by atoms with E-state index in [0.717, 1.165) is 42.6 Å². The number of rotatable bonds is 3. The molecule has 3 aromatic rings. The van der Waals surface area contributed by atoms with Gasteiger partial charge in [0, 0.05) is 40.5 Å². The molecule has 4 heterocycles. The number of nitrogens with zero attached hydrogens (tertiary/aromatic N) is 4. The van der Waals surface area contributed by atoms with Crippen molar-refractivity contribution in [3.05, 3.63) is 63.5 Å². The van der Waals surface area contributed by atoms with Crippen LogP contribution < -0.4 is 4.74 Å². The molecule has 2 aromatic heterocycles. The highest BCUT2D eigenvalue weighted by atomic mass is 35.5. The van der Waals surface area contributed by atoms with Gasteiger partial charge < -0.3 is 9.64 Å². The third-order valence-corrected chi connectivity index (χ3v) is 6.68. The van der Waals surface area contributed by atoms with Gasteiger partial charge in [-0.05, 0) is 49.9 Å². The van der Waals surface area contributed by atoms with E-state index in [1.165, 1.54) is 5.56 Å². The lowest BCUT2D eigenvalue weighted by Crippen LogP contribution is -2.49. The number of piperidine rings is 1. The van der Waals surface area contributed by atoms with Crippen LogP contribution in [0.3, 0.4) is 0 Å². The summed E-state index contributed by atoms with van der Waals surface area (Å²) < 4.78 is 7.15. The van der Waals surface area contributed by atoms with Crippen LogP contribution in [0.2, 0.25) is 10.0 Å². The Labute approximate surface area is 190 Å². The summed E-state index contributed by atoms with van der Waals surface area (Å²) in [4.78, 5) is 19.7. The second kappa shape index (κ2) is 7.84. The first-order chi connectivity index (χ1) is 15.0. The number of carbonyl (C=O) groups is 1. The van der Waals surface area contributed by atoms with Gasteiger partial charge in [0.25, 0.3) is 5.91 Å². The minimum absolute atomic E-state index is 0.0234. The van der Waals surface area contributed by atoms with Gasteiger partial charge in [0.15, 0.2) is 0 Å². The largest absolute Gasteiger partial charge is 0.495 e. The monoisotopic (exact) mass is 456 g/mol. The van der Waals surface area contributed by atoms with Gasteiger partial charge in [-0.1, -0.05) is 23.2 Å². The van der Waals surface area contributed by atoms with Crippen molar-refractivity contribution >= 4 is 29.1 Å². The first kappa shape index (κ1) is 20.3. The van der Waals surface area contributed by atoms with Crippen LogP contribution in [0.15, 0.2) is 36.7 Å². The van der Waals surface area contributed by atoms with Gasteiger partial charge >= 0.3 is 0 Å². The molecule has 31 heavy (non-hydrogen) atoms.